The zero-order valence-electron chi connectivity index (χ0n) is 16.3. The molecule has 2 fully saturated rings. The van der Waals surface area contributed by atoms with Gasteiger partial charge in [-0.2, -0.15) is 0 Å². The third kappa shape index (κ3) is 3.20. The van der Waals surface area contributed by atoms with E-state index in [0.29, 0.717) is 18.0 Å². The second kappa shape index (κ2) is 7.14. The Bertz CT molecular complexity index is 765. The van der Waals surface area contributed by atoms with Crippen molar-refractivity contribution in [3.63, 3.8) is 0 Å². The summed E-state index contributed by atoms with van der Waals surface area (Å²) in [5.74, 6) is 1.53. The first-order valence-corrected chi connectivity index (χ1v) is 9.77. The fourth-order valence-corrected chi connectivity index (χ4v) is 4.66. The Hall–Kier alpha value is -1.69. The van der Waals surface area contributed by atoms with Gasteiger partial charge >= 0.3 is 0 Å². The molecule has 3 heterocycles. The van der Waals surface area contributed by atoms with Gasteiger partial charge < -0.3 is 4.52 Å². The van der Waals surface area contributed by atoms with E-state index in [1.54, 1.807) is 0 Å². The molecule has 0 aliphatic carbocycles. The molecule has 0 spiro atoms. The molecule has 2 aliphatic heterocycles. The van der Waals surface area contributed by atoms with Crippen LogP contribution < -0.4 is 10.9 Å². The highest BCUT2D eigenvalue weighted by atomic mass is 16.5. The largest absolute Gasteiger partial charge is 0.361 e. The number of hydrogen-bond donors (Lipinski definition) is 2. The summed E-state index contributed by atoms with van der Waals surface area (Å²) in [6, 6.07) is 7.66. The number of nitrogens with one attached hydrogen (secondary N) is 2. The van der Waals surface area contributed by atoms with E-state index < -0.39 is 0 Å². The highest BCUT2D eigenvalue weighted by molar-refractivity contribution is 5.32. The van der Waals surface area contributed by atoms with Crippen LogP contribution >= 0.6 is 0 Å². The summed E-state index contributed by atoms with van der Waals surface area (Å²) in [7, 11) is 0. The monoisotopic (exact) mass is 354 g/mol. The number of hydrogen-bond acceptors (Lipinski definition) is 5. The van der Waals surface area contributed by atoms with Gasteiger partial charge in [0.15, 0.2) is 0 Å². The first kappa shape index (κ1) is 17.7. The summed E-state index contributed by atoms with van der Waals surface area (Å²) >= 11 is 0. The van der Waals surface area contributed by atoms with Crippen molar-refractivity contribution in [1.29, 1.82) is 0 Å². The van der Waals surface area contributed by atoms with Crippen LogP contribution in [0.3, 0.4) is 0 Å². The lowest BCUT2D eigenvalue weighted by Crippen LogP contribution is -2.33. The topological polar surface area (TPSA) is 53.3 Å². The lowest BCUT2D eigenvalue weighted by molar-refractivity contribution is 0.209. The molecule has 1 aromatic heterocycles. The van der Waals surface area contributed by atoms with E-state index in [1.807, 2.05) is 6.92 Å². The molecule has 0 saturated carbocycles. The summed E-state index contributed by atoms with van der Waals surface area (Å²) in [6.07, 6.45) is 2.45. The maximum atomic E-state index is 5.44. The highest BCUT2D eigenvalue weighted by Gasteiger charge is 2.36. The first-order chi connectivity index (χ1) is 12.5. The fraction of sp³-hybridized carbons (Fsp3) is 0.571. The zero-order chi connectivity index (χ0) is 18.3. The average Bonchev–Trinajstić information content (AvgIpc) is 3.32. The Morgan fingerprint density at radius 2 is 2.04 bits per heavy atom. The molecule has 140 valence electrons. The second-order valence-electron chi connectivity index (χ2n) is 8.00. The van der Waals surface area contributed by atoms with Crippen molar-refractivity contribution < 1.29 is 4.52 Å². The molecule has 0 bridgehead atoms. The average molecular weight is 354 g/mol. The van der Waals surface area contributed by atoms with Gasteiger partial charge in [-0.1, -0.05) is 23.4 Å². The van der Waals surface area contributed by atoms with Crippen LogP contribution in [0.5, 0.6) is 0 Å². The van der Waals surface area contributed by atoms with Crippen LogP contribution in [0.25, 0.3) is 0 Å². The van der Waals surface area contributed by atoms with Crippen LogP contribution in [0.4, 0.5) is 0 Å². The van der Waals surface area contributed by atoms with E-state index in [0.717, 1.165) is 31.1 Å². The zero-order valence-corrected chi connectivity index (χ0v) is 16.3. The summed E-state index contributed by atoms with van der Waals surface area (Å²) < 4.78 is 5.44. The van der Waals surface area contributed by atoms with Crippen LogP contribution in [0, 0.1) is 33.6 Å². The van der Waals surface area contributed by atoms with Crippen LogP contribution in [0.1, 0.15) is 58.6 Å². The SMILES string of the molecule is Cc1ccc(C2NNCC2CN2CCCC2c2c(C)noc2C)cc1C. The fourth-order valence-electron chi connectivity index (χ4n) is 4.66. The lowest BCUT2D eigenvalue weighted by atomic mass is 9.92. The van der Waals surface area contributed by atoms with Gasteiger partial charge in [-0.25, -0.2) is 5.43 Å². The van der Waals surface area contributed by atoms with Gasteiger partial charge in [-0.05, 0) is 63.8 Å². The molecule has 2 saturated heterocycles. The number of aromatic nitrogens is 1. The maximum absolute atomic E-state index is 5.44. The highest BCUT2D eigenvalue weighted by Crippen LogP contribution is 2.37. The van der Waals surface area contributed by atoms with Gasteiger partial charge in [0.05, 0.1) is 11.7 Å². The van der Waals surface area contributed by atoms with E-state index in [1.165, 1.54) is 35.1 Å². The standard InChI is InChI=1S/C21H30N4O/c1-13-7-8-17(10-14(13)2)21-18(11-22-23-21)12-25-9-5-6-19(25)20-15(3)24-26-16(20)4/h7-8,10,18-19,21-23H,5-6,9,11-12H2,1-4H3. The summed E-state index contributed by atoms with van der Waals surface area (Å²) in [5, 5.41) is 4.18. The van der Waals surface area contributed by atoms with Crippen LogP contribution in [-0.2, 0) is 0 Å². The molecule has 5 nitrogen and oxygen atoms in total. The molecule has 3 atom stereocenters. The molecule has 4 rings (SSSR count). The number of rotatable bonds is 4. The number of likely N-dealkylation sites (tertiary alicyclic amines) is 1. The van der Waals surface area contributed by atoms with Gasteiger partial charge in [0.2, 0.25) is 0 Å². The van der Waals surface area contributed by atoms with Crippen LogP contribution in [0.2, 0.25) is 0 Å². The van der Waals surface area contributed by atoms with E-state index in [9.17, 15) is 0 Å². The van der Waals surface area contributed by atoms with Gasteiger partial charge in [-0.3, -0.25) is 10.3 Å². The van der Waals surface area contributed by atoms with Crippen molar-refractivity contribution in [2.75, 3.05) is 19.6 Å². The van der Waals surface area contributed by atoms with Crippen molar-refractivity contribution in [2.24, 2.45) is 5.92 Å². The van der Waals surface area contributed by atoms with Crippen molar-refractivity contribution in [3.05, 3.63) is 51.9 Å². The van der Waals surface area contributed by atoms with Gasteiger partial charge in [0.1, 0.15) is 5.76 Å². The lowest BCUT2D eigenvalue weighted by Gasteiger charge is -2.29. The van der Waals surface area contributed by atoms with Crippen molar-refractivity contribution in [2.45, 2.75) is 52.6 Å². The molecular formula is C21H30N4O. The van der Waals surface area contributed by atoms with Gasteiger partial charge in [-0.15, -0.1) is 0 Å². The van der Waals surface area contributed by atoms with Crippen molar-refractivity contribution in [3.8, 4) is 0 Å². The normalized spacial score (nSPS) is 26.7. The van der Waals surface area contributed by atoms with Crippen molar-refractivity contribution in [1.82, 2.24) is 20.9 Å². The molecule has 2 aromatic rings. The molecule has 1 aromatic carbocycles. The van der Waals surface area contributed by atoms with E-state index in [4.69, 9.17) is 4.52 Å². The Labute approximate surface area is 156 Å². The summed E-state index contributed by atoms with van der Waals surface area (Å²) in [6.45, 7) is 11.7. The molecule has 5 heteroatoms. The predicted molar refractivity (Wildman–Crippen MR) is 103 cm³/mol. The molecule has 26 heavy (non-hydrogen) atoms. The smallest absolute Gasteiger partial charge is 0.138 e. The van der Waals surface area contributed by atoms with Crippen LogP contribution in [0.15, 0.2) is 22.7 Å². The van der Waals surface area contributed by atoms with Crippen molar-refractivity contribution >= 4 is 0 Å². The number of nitrogens with zero attached hydrogens (tertiary/aromatic N) is 2. The Morgan fingerprint density at radius 1 is 1.19 bits per heavy atom. The quantitative estimate of drug-likeness (QED) is 0.880. The number of benzene rings is 1. The Kier molecular flexibility index (Phi) is 4.86. The first-order valence-electron chi connectivity index (χ1n) is 9.77. The Balaban J connectivity index is 1.53. The molecule has 2 N–H and O–H groups in total. The second-order valence-corrected chi connectivity index (χ2v) is 8.00. The third-order valence-corrected chi connectivity index (χ3v) is 6.24. The molecule has 0 radical (unpaired) electrons. The van der Waals surface area contributed by atoms with Crippen LogP contribution in [-0.4, -0.2) is 29.7 Å². The third-order valence-electron chi connectivity index (χ3n) is 6.24. The molecular weight excluding hydrogens is 324 g/mol. The predicted octanol–water partition coefficient (Wildman–Crippen LogP) is 3.51. The molecule has 0 amide bonds. The molecule has 3 unspecified atom stereocenters. The minimum Gasteiger partial charge on any atom is -0.361 e. The van der Waals surface area contributed by atoms with E-state index >= 15 is 0 Å². The summed E-state index contributed by atoms with van der Waals surface area (Å²) in [4.78, 5) is 2.64. The van der Waals surface area contributed by atoms with E-state index in [2.05, 4.69) is 59.9 Å². The minimum atomic E-state index is 0.361. The van der Waals surface area contributed by atoms with Gasteiger partial charge in [0.25, 0.3) is 0 Å². The molecule has 2 aliphatic rings. The number of aryl methyl sites for hydroxylation is 4. The van der Waals surface area contributed by atoms with E-state index in [-0.39, 0.29) is 0 Å². The minimum absolute atomic E-state index is 0.361. The summed E-state index contributed by atoms with van der Waals surface area (Å²) in [5.41, 5.74) is 13.4. The Morgan fingerprint density at radius 3 is 2.77 bits per heavy atom. The maximum Gasteiger partial charge on any atom is 0.138 e. The number of hydrazine groups is 1. The van der Waals surface area contributed by atoms with Gasteiger partial charge in [0, 0.05) is 30.6 Å².